The van der Waals surface area contributed by atoms with E-state index >= 15 is 0 Å². The molecule has 1 aromatic carbocycles. The lowest BCUT2D eigenvalue weighted by atomic mass is 9.96. The Morgan fingerprint density at radius 1 is 1.24 bits per heavy atom. The second kappa shape index (κ2) is 9.39. The van der Waals surface area contributed by atoms with Crippen LogP contribution in [0.15, 0.2) is 18.2 Å². The van der Waals surface area contributed by atoms with Gasteiger partial charge in [0.25, 0.3) is 0 Å². The maximum Gasteiger partial charge on any atom is 0.126 e. The number of unbranched alkanes of at least 4 members (excludes halogenated alkanes) is 2. The summed E-state index contributed by atoms with van der Waals surface area (Å²) in [5.74, 6) is -0.0960. The van der Waals surface area contributed by atoms with Crippen LogP contribution in [0.2, 0.25) is 0 Å². The SMILES string of the molecule is CCCCC[C@H](c1ccc(F)c(C)c1)N1CCNCC1.Cl. The van der Waals surface area contributed by atoms with Gasteiger partial charge in [-0.2, -0.15) is 0 Å². The van der Waals surface area contributed by atoms with Crippen molar-refractivity contribution in [1.82, 2.24) is 10.2 Å². The molecule has 1 aliphatic heterocycles. The first-order chi connectivity index (χ1) is 9.72. The van der Waals surface area contributed by atoms with E-state index < -0.39 is 0 Å². The Morgan fingerprint density at radius 3 is 2.57 bits per heavy atom. The van der Waals surface area contributed by atoms with Gasteiger partial charge in [0, 0.05) is 32.2 Å². The first kappa shape index (κ1) is 18.4. The van der Waals surface area contributed by atoms with Gasteiger partial charge in [-0.25, -0.2) is 4.39 Å². The number of rotatable bonds is 6. The highest BCUT2D eigenvalue weighted by Crippen LogP contribution is 2.28. The van der Waals surface area contributed by atoms with E-state index in [1.165, 1.54) is 31.2 Å². The van der Waals surface area contributed by atoms with Gasteiger partial charge >= 0.3 is 0 Å². The van der Waals surface area contributed by atoms with Gasteiger partial charge in [-0.1, -0.05) is 38.3 Å². The maximum absolute atomic E-state index is 13.5. The summed E-state index contributed by atoms with van der Waals surface area (Å²) in [4.78, 5) is 2.55. The van der Waals surface area contributed by atoms with E-state index in [-0.39, 0.29) is 18.2 Å². The van der Waals surface area contributed by atoms with Crippen LogP contribution in [-0.2, 0) is 0 Å². The maximum atomic E-state index is 13.5. The molecular weight excluding hydrogens is 287 g/mol. The molecule has 1 N–H and O–H groups in total. The third-order valence-corrected chi connectivity index (χ3v) is 4.24. The fourth-order valence-electron chi connectivity index (χ4n) is 3.02. The van der Waals surface area contributed by atoms with Gasteiger partial charge in [0.15, 0.2) is 0 Å². The third kappa shape index (κ3) is 5.24. The fraction of sp³-hybridized carbons (Fsp3) is 0.647. The average molecular weight is 315 g/mol. The van der Waals surface area contributed by atoms with Crippen LogP contribution in [0, 0.1) is 12.7 Å². The van der Waals surface area contributed by atoms with Crippen LogP contribution in [0.1, 0.15) is 49.8 Å². The molecule has 1 aromatic rings. The van der Waals surface area contributed by atoms with Gasteiger partial charge in [0.05, 0.1) is 0 Å². The van der Waals surface area contributed by atoms with Gasteiger partial charge in [-0.05, 0) is 30.5 Å². The molecule has 4 heteroatoms. The second-order valence-electron chi connectivity index (χ2n) is 5.81. The predicted octanol–water partition coefficient (Wildman–Crippen LogP) is 4.08. The standard InChI is InChI=1S/C17H27FN2.ClH/c1-3-4-5-6-17(20-11-9-19-10-12-20)15-7-8-16(18)14(2)13-15;/h7-8,13,17,19H,3-6,9-12H2,1-2H3;1H/t17-;/m1./s1. The molecule has 0 saturated carbocycles. The van der Waals surface area contributed by atoms with Gasteiger partial charge in [-0.15, -0.1) is 12.4 Å². The minimum absolute atomic E-state index is 0. The number of halogens is 2. The summed E-state index contributed by atoms with van der Waals surface area (Å²) in [6.07, 6.45) is 4.96. The Bertz CT molecular complexity index is 419. The summed E-state index contributed by atoms with van der Waals surface area (Å²) in [5.41, 5.74) is 2.04. The highest BCUT2D eigenvalue weighted by molar-refractivity contribution is 5.85. The van der Waals surface area contributed by atoms with Crippen LogP contribution in [0.3, 0.4) is 0 Å². The topological polar surface area (TPSA) is 15.3 Å². The number of nitrogens with zero attached hydrogens (tertiary/aromatic N) is 1. The van der Waals surface area contributed by atoms with Crippen LogP contribution in [-0.4, -0.2) is 31.1 Å². The fourth-order valence-corrected chi connectivity index (χ4v) is 3.02. The Morgan fingerprint density at radius 2 is 1.95 bits per heavy atom. The van der Waals surface area contributed by atoms with Crippen molar-refractivity contribution in [2.24, 2.45) is 0 Å². The zero-order valence-corrected chi connectivity index (χ0v) is 14.0. The van der Waals surface area contributed by atoms with Crippen LogP contribution in [0.5, 0.6) is 0 Å². The van der Waals surface area contributed by atoms with Gasteiger partial charge < -0.3 is 5.32 Å². The van der Waals surface area contributed by atoms with Crippen LogP contribution >= 0.6 is 12.4 Å². The summed E-state index contributed by atoms with van der Waals surface area (Å²) < 4.78 is 13.5. The number of benzene rings is 1. The number of hydrogen-bond acceptors (Lipinski definition) is 2. The highest BCUT2D eigenvalue weighted by Gasteiger charge is 2.22. The molecule has 2 rings (SSSR count). The number of hydrogen-bond donors (Lipinski definition) is 1. The van der Waals surface area contributed by atoms with Gasteiger partial charge in [0.2, 0.25) is 0 Å². The molecule has 1 heterocycles. The first-order valence-corrected chi connectivity index (χ1v) is 7.93. The molecule has 0 radical (unpaired) electrons. The molecule has 0 aromatic heterocycles. The van der Waals surface area contributed by atoms with E-state index in [2.05, 4.69) is 17.1 Å². The van der Waals surface area contributed by atoms with E-state index in [1.54, 1.807) is 6.07 Å². The normalized spacial score (nSPS) is 17.3. The van der Waals surface area contributed by atoms with Crippen LogP contribution in [0.4, 0.5) is 4.39 Å². The first-order valence-electron chi connectivity index (χ1n) is 7.93. The zero-order valence-electron chi connectivity index (χ0n) is 13.2. The molecule has 1 saturated heterocycles. The second-order valence-corrected chi connectivity index (χ2v) is 5.81. The van der Waals surface area contributed by atoms with Crippen molar-refractivity contribution in [3.05, 3.63) is 35.1 Å². The van der Waals surface area contributed by atoms with Crippen molar-refractivity contribution < 1.29 is 4.39 Å². The van der Waals surface area contributed by atoms with Crippen molar-refractivity contribution in [3.63, 3.8) is 0 Å². The Labute approximate surface area is 134 Å². The molecular formula is C17H28ClFN2. The lowest BCUT2D eigenvalue weighted by Gasteiger charge is -2.35. The number of aryl methyl sites for hydroxylation is 1. The molecule has 0 spiro atoms. The summed E-state index contributed by atoms with van der Waals surface area (Å²) >= 11 is 0. The molecule has 1 atom stereocenters. The van der Waals surface area contributed by atoms with E-state index in [4.69, 9.17) is 0 Å². The predicted molar refractivity (Wildman–Crippen MR) is 89.7 cm³/mol. The van der Waals surface area contributed by atoms with Crippen LogP contribution < -0.4 is 5.32 Å². The summed E-state index contributed by atoms with van der Waals surface area (Å²) in [6, 6.07) is 6.08. The van der Waals surface area contributed by atoms with E-state index in [1.807, 2.05) is 19.1 Å². The van der Waals surface area contributed by atoms with Crippen molar-refractivity contribution in [3.8, 4) is 0 Å². The number of piperazine rings is 1. The van der Waals surface area contributed by atoms with Crippen molar-refractivity contribution in [2.75, 3.05) is 26.2 Å². The largest absolute Gasteiger partial charge is 0.314 e. The van der Waals surface area contributed by atoms with Crippen molar-refractivity contribution in [1.29, 1.82) is 0 Å². The molecule has 120 valence electrons. The van der Waals surface area contributed by atoms with Gasteiger partial charge in [0.1, 0.15) is 5.82 Å². The molecule has 1 aliphatic rings. The van der Waals surface area contributed by atoms with E-state index in [9.17, 15) is 4.39 Å². The lowest BCUT2D eigenvalue weighted by molar-refractivity contribution is 0.162. The Hall–Kier alpha value is -0.640. The Balaban J connectivity index is 0.00000220. The monoisotopic (exact) mass is 314 g/mol. The lowest BCUT2D eigenvalue weighted by Crippen LogP contribution is -2.45. The molecule has 0 aliphatic carbocycles. The summed E-state index contributed by atoms with van der Waals surface area (Å²) in [7, 11) is 0. The Kier molecular flexibility index (Phi) is 8.23. The minimum Gasteiger partial charge on any atom is -0.314 e. The van der Waals surface area contributed by atoms with E-state index in [0.717, 1.165) is 31.7 Å². The number of nitrogens with one attached hydrogen (secondary N) is 1. The van der Waals surface area contributed by atoms with Crippen LogP contribution in [0.25, 0.3) is 0 Å². The minimum atomic E-state index is -0.0960. The molecule has 0 bridgehead atoms. The summed E-state index contributed by atoms with van der Waals surface area (Å²) in [5, 5.41) is 3.41. The third-order valence-electron chi connectivity index (χ3n) is 4.24. The molecule has 1 fully saturated rings. The average Bonchev–Trinajstić information content (AvgIpc) is 2.48. The molecule has 2 nitrogen and oxygen atoms in total. The van der Waals surface area contributed by atoms with Crippen molar-refractivity contribution >= 4 is 12.4 Å². The van der Waals surface area contributed by atoms with E-state index in [0.29, 0.717) is 6.04 Å². The van der Waals surface area contributed by atoms with Crippen molar-refractivity contribution in [2.45, 2.75) is 45.6 Å². The summed E-state index contributed by atoms with van der Waals surface area (Å²) in [6.45, 7) is 8.40. The molecule has 21 heavy (non-hydrogen) atoms. The van der Waals surface area contributed by atoms with Gasteiger partial charge in [-0.3, -0.25) is 4.90 Å². The molecule has 0 unspecified atom stereocenters. The quantitative estimate of drug-likeness (QED) is 0.796. The smallest absolute Gasteiger partial charge is 0.126 e. The zero-order chi connectivity index (χ0) is 14.4. The highest BCUT2D eigenvalue weighted by atomic mass is 35.5. The molecule has 0 amide bonds.